The van der Waals surface area contributed by atoms with Gasteiger partial charge < -0.3 is 4.74 Å². The Hall–Kier alpha value is -2.64. The zero-order valence-corrected chi connectivity index (χ0v) is 17.9. The van der Waals surface area contributed by atoms with E-state index >= 15 is 0 Å². The smallest absolute Gasteiger partial charge is 0.293 e. The predicted molar refractivity (Wildman–Crippen MR) is 117 cm³/mol. The lowest BCUT2D eigenvalue weighted by Crippen LogP contribution is -2.23. The molecule has 1 atom stereocenters. The number of carbonyl (C=O) groups excluding carboxylic acids is 1. The van der Waals surface area contributed by atoms with Gasteiger partial charge in [-0.1, -0.05) is 54.6 Å². The molecule has 1 unspecified atom stereocenters. The van der Waals surface area contributed by atoms with E-state index in [4.69, 9.17) is 4.74 Å². The van der Waals surface area contributed by atoms with Crippen LogP contribution in [0, 0.1) is 0 Å². The molecule has 3 rings (SSSR count). The average molecular weight is 430 g/mol. The van der Waals surface area contributed by atoms with Crippen LogP contribution in [0.2, 0.25) is 0 Å². The van der Waals surface area contributed by atoms with Crippen molar-refractivity contribution in [2.45, 2.75) is 31.6 Å². The Labute approximate surface area is 175 Å². The molecule has 0 radical (unpaired) electrons. The van der Waals surface area contributed by atoms with Crippen LogP contribution in [0.4, 0.5) is 5.69 Å². The van der Waals surface area contributed by atoms with Crippen LogP contribution in [0.15, 0.2) is 66.0 Å². The highest BCUT2D eigenvalue weighted by atomic mass is 32.2. The van der Waals surface area contributed by atoms with Crippen LogP contribution in [-0.2, 0) is 26.0 Å². The van der Waals surface area contributed by atoms with Crippen LogP contribution >= 0.6 is 11.3 Å². The summed E-state index contributed by atoms with van der Waals surface area (Å²) in [5.41, 5.74) is 3.67. The van der Waals surface area contributed by atoms with E-state index in [-0.39, 0.29) is 0 Å². The van der Waals surface area contributed by atoms with Gasteiger partial charge >= 0.3 is 0 Å². The van der Waals surface area contributed by atoms with Gasteiger partial charge in [-0.3, -0.25) is 9.52 Å². The van der Waals surface area contributed by atoms with E-state index in [0.717, 1.165) is 16.7 Å². The Bertz CT molecular complexity index is 1040. The molecule has 1 N–H and O–H groups in total. The molecule has 1 heterocycles. The second-order valence-electron chi connectivity index (χ2n) is 6.88. The summed E-state index contributed by atoms with van der Waals surface area (Å²) >= 11 is 1.36. The third-order valence-electron chi connectivity index (χ3n) is 4.56. The Morgan fingerprint density at radius 2 is 1.66 bits per heavy atom. The van der Waals surface area contributed by atoms with Gasteiger partial charge in [-0.15, -0.1) is 11.3 Å². The molecule has 0 spiro atoms. The molecule has 0 aliphatic rings. The Kier molecular flexibility index (Phi) is 6.71. The lowest BCUT2D eigenvalue weighted by atomic mass is 10.0. The van der Waals surface area contributed by atoms with Crippen molar-refractivity contribution in [1.29, 1.82) is 0 Å². The molecule has 0 bridgehead atoms. The fourth-order valence-electron chi connectivity index (χ4n) is 2.87. The van der Waals surface area contributed by atoms with Gasteiger partial charge in [-0.05, 0) is 42.0 Å². The fourth-order valence-corrected chi connectivity index (χ4v) is 4.55. The number of thiophene rings is 1. The maximum Gasteiger partial charge on any atom is 0.293 e. The maximum absolute atomic E-state index is 12.2. The van der Waals surface area contributed by atoms with Gasteiger partial charge in [0.05, 0.1) is 15.8 Å². The number of hydrogen-bond acceptors (Lipinski definition) is 5. The van der Waals surface area contributed by atoms with Crippen molar-refractivity contribution in [3.05, 3.63) is 76.5 Å². The Morgan fingerprint density at radius 1 is 1.00 bits per heavy atom. The topological polar surface area (TPSA) is 72.5 Å². The lowest BCUT2D eigenvalue weighted by molar-refractivity contribution is -0.133. The molecule has 0 saturated carbocycles. The van der Waals surface area contributed by atoms with E-state index < -0.39 is 21.4 Å². The SMILES string of the molecule is CC(C)S(=O)(=O)Nc1ccsc1C(Cc1ccc(-c2ccccc2)cc1)OC=O. The number of anilines is 1. The third-order valence-corrected chi connectivity index (χ3v) is 7.32. The van der Waals surface area contributed by atoms with Crippen LogP contribution in [0.25, 0.3) is 11.1 Å². The second kappa shape index (κ2) is 9.24. The van der Waals surface area contributed by atoms with Crippen LogP contribution in [-0.4, -0.2) is 20.1 Å². The van der Waals surface area contributed by atoms with E-state index in [1.54, 1.807) is 25.3 Å². The minimum atomic E-state index is -3.49. The first-order valence-corrected chi connectivity index (χ1v) is 11.7. The molecule has 29 heavy (non-hydrogen) atoms. The van der Waals surface area contributed by atoms with Crippen LogP contribution in [0.3, 0.4) is 0 Å². The van der Waals surface area contributed by atoms with E-state index in [9.17, 15) is 13.2 Å². The normalized spacial score (nSPS) is 12.5. The van der Waals surface area contributed by atoms with Crippen LogP contribution in [0.5, 0.6) is 0 Å². The number of benzene rings is 2. The molecule has 1 aromatic heterocycles. The molecular formula is C22H23NO4S2. The van der Waals surface area contributed by atoms with Crippen molar-refractivity contribution in [3.8, 4) is 11.1 Å². The zero-order chi connectivity index (χ0) is 20.9. The quantitative estimate of drug-likeness (QED) is 0.485. The highest BCUT2D eigenvalue weighted by molar-refractivity contribution is 7.93. The summed E-state index contributed by atoms with van der Waals surface area (Å²) in [6.07, 6.45) is -0.120. The molecule has 7 heteroatoms. The Morgan fingerprint density at radius 3 is 2.28 bits per heavy atom. The number of nitrogens with one attached hydrogen (secondary N) is 1. The molecule has 0 saturated heterocycles. The number of ether oxygens (including phenoxy) is 1. The number of carbonyl (C=O) groups is 1. The van der Waals surface area contributed by atoms with Gasteiger partial charge in [0.15, 0.2) is 0 Å². The molecule has 5 nitrogen and oxygen atoms in total. The first-order valence-electron chi connectivity index (χ1n) is 9.23. The van der Waals surface area contributed by atoms with E-state index in [2.05, 4.69) is 4.72 Å². The van der Waals surface area contributed by atoms with Crippen molar-refractivity contribution in [3.63, 3.8) is 0 Å². The van der Waals surface area contributed by atoms with Crippen molar-refractivity contribution in [2.24, 2.45) is 0 Å². The Balaban J connectivity index is 1.81. The highest BCUT2D eigenvalue weighted by Crippen LogP contribution is 2.34. The summed E-state index contributed by atoms with van der Waals surface area (Å²) in [4.78, 5) is 11.8. The van der Waals surface area contributed by atoms with E-state index in [0.29, 0.717) is 23.5 Å². The molecule has 0 amide bonds. The molecule has 2 aromatic carbocycles. The summed E-state index contributed by atoms with van der Waals surface area (Å²) in [6.45, 7) is 3.63. The predicted octanol–water partition coefficient (Wildman–Crippen LogP) is 5.02. The molecular weight excluding hydrogens is 406 g/mol. The number of rotatable bonds is 9. The lowest BCUT2D eigenvalue weighted by Gasteiger charge is -2.18. The van der Waals surface area contributed by atoms with Gasteiger partial charge in [0.25, 0.3) is 6.47 Å². The summed E-state index contributed by atoms with van der Waals surface area (Å²) in [5.74, 6) is 0. The van der Waals surface area contributed by atoms with Crippen molar-refractivity contribution in [2.75, 3.05) is 4.72 Å². The van der Waals surface area contributed by atoms with Gasteiger partial charge in [-0.2, -0.15) is 0 Å². The molecule has 0 aliphatic heterocycles. The second-order valence-corrected chi connectivity index (χ2v) is 10.1. The first kappa shape index (κ1) is 21.1. The highest BCUT2D eigenvalue weighted by Gasteiger charge is 2.23. The summed E-state index contributed by atoms with van der Waals surface area (Å²) in [6, 6.07) is 19.8. The number of hydrogen-bond donors (Lipinski definition) is 1. The van der Waals surface area contributed by atoms with Gasteiger partial charge in [0.1, 0.15) is 6.10 Å². The van der Waals surface area contributed by atoms with Crippen LogP contribution in [0.1, 0.15) is 30.4 Å². The third kappa shape index (κ3) is 5.25. The molecule has 3 aromatic rings. The monoisotopic (exact) mass is 429 g/mol. The fraction of sp³-hybridized carbons (Fsp3) is 0.227. The van der Waals surface area contributed by atoms with Crippen molar-refractivity contribution in [1.82, 2.24) is 0 Å². The van der Waals surface area contributed by atoms with Gasteiger partial charge in [0, 0.05) is 6.42 Å². The van der Waals surface area contributed by atoms with Crippen molar-refractivity contribution < 1.29 is 17.9 Å². The average Bonchev–Trinajstić information content (AvgIpc) is 3.16. The summed E-state index contributed by atoms with van der Waals surface area (Å²) in [5, 5.41) is 1.22. The summed E-state index contributed by atoms with van der Waals surface area (Å²) < 4.78 is 32.4. The molecule has 0 fully saturated rings. The van der Waals surface area contributed by atoms with E-state index in [1.165, 1.54) is 11.3 Å². The first-order chi connectivity index (χ1) is 13.9. The molecule has 152 valence electrons. The largest absolute Gasteiger partial charge is 0.458 e. The van der Waals surface area contributed by atoms with Crippen molar-refractivity contribution >= 4 is 33.5 Å². The minimum Gasteiger partial charge on any atom is -0.458 e. The maximum atomic E-state index is 12.2. The van der Waals surface area contributed by atoms with Crippen LogP contribution < -0.4 is 4.72 Å². The summed E-state index contributed by atoms with van der Waals surface area (Å²) in [7, 11) is -3.49. The van der Waals surface area contributed by atoms with Gasteiger partial charge in [0.2, 0.25) is 10.0 Å². The molecule has 0 aliphatic carbocycles. The van der Waals surface area contributed by atoms with Gasteiger partial charge in [-0.25, -0.2) is 8.42 Å². The van der Waals surface area contributed by atoms with E-state index in [1.807, 2.05) is 54.6 Å². The standard InChI is InChI=1S/C22H23NO4S2/c1-16(2)29(25,26)23-20-12-13-28-22(20)21(27-15-24)14-17-8-10-19(11-9-17)18-6-4-3-5-7-18/h3-13,15-16,21,23H,14H2,1-2H3. The number of sulfonamides is 1. The minimum absolute atomic E-state index is 0.406. The zero-order valence-electron chi connectivity index (χ0n) is 16.2.